The van der Waals surface area contributed by atoms with Crippen LogP contribution in [0.1, 0.15) is 71.5 Å². The van der Waals surface area contributed by atoms with Crippen LogP contribution < -0.4 is 4.74 Å². The fourth-order valence-corrected chi connectivity index (χ4v) is 3.34. The standard InChI is InChI=1S/C23H37NO3/c1-4-7-11-22-23(20-18-19(25)12-13-21(20)27-22)26-17-10-16-24(14-8-5-2)15-9-6-3/h12-13,18,25H,4-11,14-17H2,1-3H3. The lowest BCUT2D eigenvalue weighted by molar-refractivity contribution is 0.228. The highest BCUT2D eigenvalue weighted by atomic mass is 16.5. The van der Waals surface area contributed by atoms with Crippen LogP contribution in [0.5, 0.6) is 11.5 Å². The third kappa shape index (κ3) is 6.76. The van der Waals surface area contributed by atoms with Crippen LogP contribution in [0.3, 0.4) is 0 Å². The number of unbranched alkanes of at least 4 members (excludes halogenated alkanes) is 3. The minimum absolute atomic E-state index is 0.250. The molecule has 4 nitrogen and oxygen atoms in total. The van der Waals surface area contributed by atoms with Gasteiger partial charge >= 0.3 is 0 Å². The fourth-order valence-electron chi connectivity index (χ4n) is 3.34. The number of fused-ring (bicyclic) bond motifs is 1. The number of hydrogen-bond donors (Lipinski definition) is 1. The number of phenols is 1. The van der Waals surface area contributed by atoms with Gasteiger partial charge in [0.05, 0.1) is 12.0 Å². The predicted molar refractivity (Wildman–Crippen MR) is 113 cm³/mol. The Kier molecular flexibility index (Phi) is 9.54. The number of phenolic OH excluding ortho intramolecular Hbond substituents is 1. The Bertz CT molecular complexity index is 657. The second-order valence-corrected chi connectivity index (χ2v) is 7.39. The molecule has 0 aliphatic carbocycles. The molecular formula is C23H37NO3. The first kappa shape index (κ1) is 21.6. The van der Waals surface area contributed by atoms with Gasteiger partial charge in [0, 0.05) is 13.0 Å². The van der Waals surface area contributed by atoms with Crippen molar-refractivity contribution in [1.82, 2.24) is 4.90 Å². The maximum atomic E-state index is 9.85. The molecular weight excluding hydrogens is 338 g/mol. The predicted octanol–water partition coefficient (Wildman–Crippen LogP) is 6.15. The minimum atomic E-state index is 0.250. The molecule has 0 atom stereocenters. The summed E-state index contributed by atoms with van der Waals surface area (Å²) in [5.74, 6) is 1.98. The second-order valence-electron chi connectivity index (χ2n) is 7.39. The van der Waals surface area contributed by atoms with Crippen LogP contribution in [0.2, 0.25) is 0 Å². The zero-order valence-corrected chi connectivity index (χ0v) is 17.4. The molecule has 0 spiro atoms. The summed E-state index contributed by atoms with van der Waals surface area (Å²) in [4.78, 5) is 2.56. The van der Waals surface area contributed by atoms with Crippen LogP contribution in [-0.4, -0.2) is 36.2 Å². The largest absolute Gasteiger partial charge is 0.508 e. The summed E-state index contributed by atoms with van der Waals surface area (Å²) >= 11 is 0. The summed E-state index contributed by atoms with van der Waals surface area (Å²) in [7, 11) is 0. The maximum absolute atomic E-state index is 9.85. The molecule has 1 aromatic heterocycles. The number of nitrogens with zero attached hydrogens (tertiary/aromatic N) is 1. The molecule has 0 unspecified atom stereocenters. The molecule has 0 fully saturated rings. The van der Waals surface area contributed by atoms with E-state index >= 15 is 0 Å². The lowest BCUT2D eigenvalue weighted by Crippen LogP contribution is -2.28. The Morgan fingerprint density at radius 1 is 0.926 bits per heavy atom. The Morgan fingerprint density at radius 3 is 2.26 bits per heavy atom. The van der Waals surface area contributed by atoms with Crippen molar-refractivity contribution in [2.75, 3.05) is 26.2 Å². The van der Waals surface area contributed by atoms with E-state index < -0.39 is 0 Å². The van der Waals surface area contributed by atoms with Crippen LogP contribution in [0, 0.1) is 0 Å². The third-order valence-corrected chi connectivity index (χ3v) is 4.97. The summed E-state index contributed by atoms with van der Waals surface area (Å²) in [6.07, 6.45) is 9.08. The van der Waals surface area contributed by atoms with Crippen LogP contribution >= 0.6 is 0 Å². The van der Waals surface area contributed by atoms with E-state index in [2.05, 4.69) is 25.7 Å². The lowest BCUT2D eigenvalue weighted by atomic mass is 10.1. The van der Waals surface area contributed by atoms with Gasteiger partial charge in [0.1, 0.15) is 17.1 Å². The van der Waals surface area contributed by atoms with Crippen molar-refractivity contribution in [2.24, 2.45) is 0 Å². The van der Waals surface area contributed by atoms with Gasteiger partial charge in [-0.15, -0.1) is 0 Å². The quantitative estimate of drug-likeness (QED) is 0.402. The van der Waals surface area contributed by atoms with E-state index in [4.69, 9.17) is 9.15 Å². The average molecular weight is 376 g/mol. The van der Waals surface area contributed by atoms with Crippen molar-refractivity contribution in [1.29, 1.82) is 0 Å². The molecule has 1 N–H and O–H groups in total. The molecule has 27 heavy (non-hydrogen) atoms. The van der Waals surface area contributed by atoms with Gasteiger partial charge in [0.15, 0.2) is 5.75 Å². The van der Waals surface area contributed by atoms with Gasteiger partial charge in [-0.3, -0.25) is 0 Å². The zero-order valence-electron chi connectivity index (χ0n) is 17.4. The van der Waals surface area contributed by atoms with Gasteiger partial charge in [-0.1, -0.05) is 40.0 Å². The van der Waals surface area contributed by atoms with Crippen molar-refractivity contribution in [3.05, 3.63) is 24.0 Å². The van der Waals surface area contributed by atoms with Crippen LogP contribution in [0.4, 0.5) is 0 Å². The van der Waals surface area contributed by atoms with Crippen LogP contribution in [0.25, 0.3) is 11.0 Å². The minimum Gasteiger partial charge on any atom is -0.508 e. The highest BCUT2D eigenvalue weighted by molar-refractivity contribution is 5.86. The van der Waals surface area contributed by atoms with E-state index in [0.29, 0.717) is 6.61 Å². The Hall–Kier alpha value is -1.68. The van der Waals surface area contributed by atoms with Gasteiger partial charge in [-0.2, -0.15) is 0 Å². The smallest absolute Gasteiger partial charge is 0.168 e. The molecule has 152 valence electrons. The Balaban J connectivity index is 1.96. The number of benzene rings is 1. The molecule has 0 saturated heterocycles. The number of hydrogen-bond acceptors (Lipinski definition) is 4. The highest BCUT2D eigenvalue weighted by Crippen LogP contribution is 2.36. The van der Waals surface area contributed by atoms with Gasteiger partial charge in [-0.05, 0) is 57.0 Å². The molecule has 0 radical (unpaired) electrons. The molecule has 0 aliphatic rings. The SMILES string of the molecule is CCCCc1oc2ccc(O)cc2c1OCCCN(CCCC)CCCC. The van der Waals surface area contributed by atoms with Crippen molar-refractivity contribution in [2.45, 2.75) is 72.1 Å². The number of aromatic hydroxyl groups is 1. The van der Waals surface area contributed by atoms with Gasteiger partial charge in [-0.25, -0.2) is 0 Å². The summed E-state index contributed by atoms with van der Waals surface area (Å²) < 4.78 is 12.2. The van der Waals surface area contributed by atoms with Crippen molar-refractivity contribution >= 4 is 11.0 Å². The van der Waals surface area contributed by atoms with Gasteiger partial charge in [0.2, 0.25) is 0 Å². The van der Waals surface area contributed by atoms with Crippen LogP contribution in [-0.2, 0) is 6.42 Å². The molecule has 4 heteroatoms. The molecule has 2 aromatic rings. The number of furan rings is 1. The zero-order chi connectivity index (χ0) is 19.5. The fraction of sp³-hybridized carbons (Fsp3) is 0.652. The van der Waals surface area contributed by atoms with Crippen molar-refractivity contribution < 1.29 is 14.3 Å². The summed E-state index contributed by atoms with van der Waals surface area (Å²) in [5, 5.41) is 10.7. The highest BCUT2D eigenvalue weighted by Gasteiger charge is 2.16. The van der Waals surface area contributed by atoms with E-state index in [1.807, 2.05) is 6.07 Å². The topological polar surface area (TPSA) is 45.8 Å². The van der Waals surface area contributed by atoms with E-state index in [0.717, 1.165) is 54.7 Å². The number of ether oxygens (including phenoxy) is 1. The monoisotopic (exact) mass is 375 g/mol. The summed E-state index contributed by atoms with van der Waals surface area (Å²) in [6, 6.07) is 5.24. The normalized spacial score (nSPS) is 11.6. The molecule has 1 heterocycles. The summed E-state index contributed by atoms with van der Waals surface area (Å²) in [5.41, 5.74) is 0.793. The summed E-state index contributed by atoms with van der Waals surface area (Å²) in [6.45, 7) is 10.8. The van der Waals surface area contributed by atoms with Crippen LogP contribution in [0.15, 0.2) is 22.6 Å². The molecule has 0 saturated carbocycles. The lowest BCUT2D eigenvalue weighted by Gasteiger charge is -2.21. The van der Waals surface area contributed by atoms with E-state index in [-0.39, 0.29) is 5.75 Å². The van der Waals surface area contributed by atoms with Crippen molar-refractivity contribution in [3.8, 4) is 11.5 Å². The third-order valence-electron chi connectivity index (χ3n) is 4.97. The molecule has 0 amide bonds. The first-order chi connectivity index (χ1) is 13.2. The molecule has 2 rings (SSSR count). The molecule has 0 aliphatic heterocycles. The number of rotatable bonds is 14. The maximum Gasteiger partial charge on any atom is 0.168 e. The molecule has 1 aromatic carbocycles. The van der Waals surface area contributed by atoms with E-state index in [9.17, 15) is 5.11 Å². The van der Waals surface area contributed by atoms with Crippen molar-refractivity contribution in [3.63, 3.8) is 0 Å². The Morgan fingerprint density at radius 2 is 1.59 bits per heavy atom. The Labute approximate surface area is 164 Å². The van der Waals surface area contributed by atoms with Gasteiger partial charge < -0.3 is 19.2 Å². The second kappa shape index (κ2) is 11.9. The van der Waals surface area contributed by atoms with E-state index in [1.54, 1.807) is 12.1 Å². The van der Waals surface area contributed by atoms with Gasteiger partial charge in [0.25, 0.3) is 0 Å². The van der Waals surface area contributed by atoms with E-state index in [1.165, 1.54) is 38.8 Å². The average Bonchev–Trinajstić information content (AvgIpc) is 3.01. The number of aryl methyl sites for hydroxylation is 1. The molecule has 0 bridgehead atoms. The first-order valence-corrected chi connectivity index (χ1v) is 10.8. The first-order valence-electron chi connectivity index (χ1n) is 10.8.